The largest absolute Gasteiger partial charge is 0.466 e. The molecule has 64 valence electrons. The van der Waals surface area contributed by atoms with Crippen molar-refractivity contribution < 1.29 is 14.3 Å². The van der Waals surface area contributed by atoms with Gasteiger partial charge in [-0.2, -0.15) is 0 Å². The second-order valence-electron chi connectivity index (χ2n) is 2.28. The Kier molecular flexibility index (Phi) is 4.54. The van der Waals surface area contributed by atoms with Crippen LogP contribution in [-0.2, 0) is 14.3 Å². The second kappa shape index (κ2) is 4.91. The van der Waals surface area contributed by atoms with E-state index in [4.69, 9.17) is 4.74 Å². The number of carbonyl (C=O) groups is 1. The van der Waals surface area contributed by atoms with Crippen molar-refractivity contribution in [2.45, 2.75) is 20.0 Å². The van der Waals surface area contributed by atoms with Gasteiger partial charge in [-0.3, -0.25) is 0 Å². The molecule has 0 aliphatic heterocycles. The van der Waals surface area contributed by atoms with Crippen LogP contribution in [-0.4, -0.2) is 26.3 Å². The predicted octanol–water partition coefficient (Wildman–Crippen LogP) is 1.14. The van der Waals surface area contributed by atoms with Gasteiger partial charge in [-0.1, -0.05) is 0 Å². The number of methoxy groups -OCH3 is 2. The molecule has 0 bridgehead atoms. The van der Waals surface area contributed by atoms with Crippen LogP contribution < -0.4 is 0 Å². The number of carbonyl (C=O) groups excluding carboxylic acids is 1. The number of esters is 1. The van der Waals surface area contributed by atoms with Crippen LogP contribution in [0.15, 0.2) is 11.6 Å². The maximum Gasteiger partial charge on any atom is 0.333 e. The van der Waals surface area contributed by atoms with E-state index in [2.05, 4.69) is 4.74 Å². The Morgan fingerprint density at radius 2 is 2.00 bits per heavy atom. The molecule has 1 atom stereocenters. The minimum absolute atomic E-state index is 0.0471. The average molecular weight is 158 g/mol. The van der Waals surface area contributed by atoms with Crippen LogP contribution in [0.1, 0.15) is 13.8 Å². The summed E-state index contributed by atoms with van der Waals surface area (Å²) in [4.78, 5) is 10.8. The quantitative estimate of drug-likeness (QED) is 0.456. The highest BCUT2D eigenvalue weighted by molar-refractivity contribution is 5.87. The first-order valence-corrected chi connectivity index (χ1v) is 3.41. The van der Waals surface area contributed by atoms with E-state index in [0.29, 0.717) is 5.57 Å². The van der Waals surface area contributed by atoms with Crippen molar-refractivity contribution in [1.82, 2.24) is 0 Å². The van der Waals surface area contributed by atoms with Crippen LogP contribution in [0, 0.1) is 0 Å². The average Bonchev–Trinajstić information content (AvgIpc) is 2.02. The van der Waals surface area contributed by atoms with Gasteiger partial charge in [0.25, 0.3) is 0 Å². The van der Waals surface area contributed by atoms with Gasteiger partial charge in [-0.25, -0.2) is 4.79 Å². The van der Waals surface area contributed by atoms with Gasteiger partial charge in [-0.05, 0) is 19.9 Å². The van der Waals surface area contributed by atoms with Crippen LogP contribution in [0.2, 0.25) is 0 Å². The summed E-state index contributed by atoms with van der Waals surface area (Å²) in [5.41, 5.74) is 0.571. The molecule has 0 aromatic carbocycles. The molecular weight excluding hydrogens is 144 g/mol. The zero-order valence-corrected chi connectivity index (χ0v) is 7.38. The monoisotopic (exact) mass is 158 g/mol. The molecule has 0 radical (unpaired) electrons. The lowest BCUT2D eigenvalue weighted by Crippen LogP contribution is -2.07. The molecule has 3 heteroatoms. The molecular formula is C8H14O3. The Labute approximate surface area is 67.0 Å². The van der Waals surface area contributed by atoms with Gasteiger partial charge in [0.05, 0.1) is 13.2 Å². The fourth-order valence-electron chi connectivity index (χ4n) is 0.649. The first-order chi connectivity index (χ1) is 5.11. The zero-order chi connectivity index (χ0) is 8.85. The van der Waals surface area contributed by atoms with E-state index in [1.165, 1.54) is 7.11 Å². The SMILES string of the molecule is COC(=O)/C(C)=C/C(C)OC. The van der Waals surface area contributed by atoms with E-state index in [-0.39, 0.29) is 12.1 Å². The molecule has 0 N–H and O–H groups in total. The van der Waals surface area contributed by atoms with Gasteiger partial charge in [0.2, 0.25) is 0 Å². The maximum atomic E-state index is 10.8. The van der Waals surface area contributed by atoms with E-state index in [9.17, 15) is 4.79 Å². The van der Waals surface area contributed by atoms with Crippen LogP contribution in [0.4, 0.5) is 0 Å². The zero-order valence-electron chi connectivity index (χ0n) is 7.38. The molecule has 11 heavy (non-hydrogen) atoms. The van der Waals surface area contributed by atoms with Crippen LogP contribution >= 0.6 is 0 Å². The molecule has 1 unspecified atom stereocenters. The van der Waals surface area contributed by atoms with E-state index in [1.807, 2.05) is 6.92 Å². The highest BCUT2D eigenvalue weighted by Gasteiger charge is 2.04. The molecule has 0 amide bonds. The van der Waals surface area contributed by atoms with E-state index < -0.39 is 0 Å². The van der Waals surface area contributed by atoms with Crippen LogP contribution in [0.3, 0.4) is 0 Å². The van der Waals surface area contributed by atoms with Gasteiger partial charge in [0.1, 0.15) is 0 Å². The summed E-state index contributed by atoms with van der Waals surface area (Å²) in [6.45, 7) is 3.55. The van der Waals surface area contributed by atoms with Gasteiger partial charge >= 0.3 is 5.97 Å². The number of rotatable bonds is 3. The molecule has 0 aromatic heterocycles. The van der Waals surface area contributed by atoms with Crippen LogP contribution in [0.25, 0.3) is 0 Å². The summed E-state index contributed by atoms with van der Waals surface area (Å²) in [6.07, 6.45) is 1.67. The molecule has 0 aliphatic carbocycles. The molecule has 0 saturated heterocycles. The summed E-state index contributed by atoms with van der Waals surface area (Å²) in [5.74, 6) is -0.311. The van der Waals surface area contributed by atoms with Crippen molar-refractivity contribution >= 4 is 5.97 Å². The Bertz CT molecular complexity index is 161. The lowest BCUT2D eigenvalue weighted by molar-refractivity contribution is -0.136. The van der Waals surface area contributed by atoms with Crippen molar-refractivity contribution in [3.8, 4) is 0 Å². The third kappa shape index (κ3) is 3.78. The van der Waals surface area contributed by atoms with E-state index in [0.717, 1.165) is 0 Å². The Morgan fingerprint density at radius 1 is 1.45 bits per heavy atom. The summed E-state index contributed by atoms with van der Waals surface area (Å²) in [5, 5.41) is 0. The minimum atomic E-state index is -0.311. The standard InChI is InChI=1S/C8H14O3/c1-6(8(9)11-4)5-7(2)10-3/h5,7H,1-4H3/b6-5+. The lowest BCUT2D eigenvalue weighted by Gasteiger charge is -2.04. The number of ether oxygens (including phenoxy) is 2. The van der Waals surface area contributed by atoms with Gasteiger partial charge < -0.3 is 9.47 Å². The Balaban J connectivity index is 4.09. The van der Waals surface area contributed by atoms with Gasteiger partial charge in [-0.15, -0.1) is 0 Å². The van der Waals surface area contributed by atoms with Crippen molar-refractivity contribution in [3.05, 3.63) is 11.6 Å². The summed E-state index contributed by atoms with van der Waals surface area (Å²) in [7, 11) is 2.95. The fraction of sp³-hybridized carbons (Fsp3) is 0.625. The first-order valence-electron chi connectivity index (χ1n) is 3.41. The summed E-state index contributed by atoms with van der Waals surface area (Å²) < 4.78 is 9.43. The molecule has 0 aliphatic rings. The third-order valence-electron chi connectivity index (χ3n) is 1.36. The molecule has 0 spiro atoms. The Hall–Kier alpha value is -0.830. The van der Waals surface area contributed by atoms with Crippen molar-refractivity contribution in [3.63, 3.8) is 0 Å². The molecule has 0 fully saturated rings. The summed E-state index contributed by atoms with van der Waals surface area (Å²) >= 11 is 0. The smallest absolute Gasteiger partial charge is 0.333 e. The molecule has 0 saturated carbocycles. The summed E-state index contributed by atoms with van der Waals surface area (Å²) in [6, 6.07) is 0. The number of hydrogen-bond acceptors (Lipinski definition) is 3. The lowest BCUT2D eigenvalue weighted by atomic mass is 10.2. The molecule has 0 rings (SSSR count). The van der Waals surface area contributed by atoms with Crippen molar-refractivity contribution in [2.75, 3.05) is 14.2 Å². The van der Waals surface area contributed by atoms with Gasteiger partial charge in [0, 0.05) is 12.7 Å². The predicted molar refractivity (Wildman–Crippen MR) is 42.2 cm³/mol. The normalized spacial score (nSPS) is 14.4. The first kappa shape index (κ1) is 10.2. The van der Waals surface area contributed by atoms with Gasteiger partial charge in [0.15, 0.2) is 0 Å². The van der Waals surface area contributed by atoms with E-state index >= 15 is 0 Å². The highest BCUT2D eigenvalue weighted by atomic mass is 16.5. The highest BCUT2D eigenvalue weighted by Crippen LogP contribution is 1.99. The maximum absolute atomic E-state index is 10.8. The third-order valence-corrected chi connectivity index (χ3v) is 1.36. The fourth-order valence-corrected chi connectivity index (χ4v) is 0.649. The van der Waals surface area contributed by atoms with E-state index in [1.54, 1.807) is 20.1 Å². The molecule has 0 aromatic rings. The minimum Gasteiger partial charge on any atom is -0.466 e. The second-order valence-corrected chi connectivity index (χ2v) is 2.28. The topological polar surface area (TPSA) is 35.5 Å². The number of hydrogen-bond donors (Lipinski definition) is 0. The Morgan fingerprint density at radius 3 is 2.36 bits per heavy atom. The molecule has 0 heterocycles. The van der Waals surface area contributed by atoms with Crippen LogP contribution in [0.5, 0.6) is 0 Å². The van der Waals surface area contributed by atoms with Crippen molar-refractivity contribution in [2.24, 2.45) is 0 Å². The van der Waals surface area contributed by atoms with Crippen molar-refractivity contribution in [1.29, 1.82) is 0 Å². The molecule has 3 nitrogen and oxygen atoms in total.